The van der Waals surface area contributed by atoms with Gasteiger partial charge in [-0.2, -0.15) is 12.6 Å². The summed E-state index contributed by atoms with van der Waals surface area (Å²) in [6.07, 6.45) is 0.773. The Hall–Kier alpha value is -3.03. The zero-order valence-corrected chi connectivity index (χ0v) is 19.8. The number of nitrogens with zero attached hydrogens (tertiary/aromatic N) is 1. The summed E-state index contributed by atoms with van der Waals surface area (Å²) >= 11 is 4.26. The van der Waals surface area contributed by atoms with E-state index in [0.29, 0.717) is 29.1 Å². The van der Waals surface area contributed by atoms with E-state index >= 15 is 0 Å². The molecule has 0 spiro atoms. The maximum Gasteiger partial charge on any atom is 0.326 e. The highest BCUT2D eigenvalue weighted by Gasteiger charge is 2.37. The molecule has 7 heteroatoms. The smallest absolute Gasteiger partial charge is 0.326 e. The van der Waals surface area contributed by atoms with Crippen molar-refractivity contribution in [2.24, 2.45) is 11.1 Å². The number of thiol groups is 1. The van der Waals surface area contributed by atoms with E-state index in [4.69, 9.17) is 11.5 Å². The van der Waals surface area contributed by atoms with Crippen LogP contribution in [0.15, 0.2) is 66.7 Å². The van der Waals surface area contributed by atoms with Crippen molar-refractivity contribution in [1.29, 1.82) is 0 Å². The number of hydrogen-bond donors (Lipinski definition) is 4. The maximum absolute atomic E-state index is 13.7. The molecule has 1 amide bonds. The Bertz CT molecular complexity index is 1130. The fourth-order valence-corrected chi connectivity index (χ4v) is 4.43. The number of rotatable bonds is 9. The number of carboxylic acids is 1. The molecule has 0 aliphatic rings. The molecule has 0 heterocycles. The van der Waals surface area contributed by atoms with Crippen LogP contribution in [0.1, 0.15) is 37.0 Å². The fraction of sp³-hybridized carbons (Fsp3) is 0.308. The minimum atomic E-state index is -1.14. The molecular formula is C26H31N3O3S. The summed E-state index contributed by atoms with van der Waals surface area (Å²) in [5.41, 5.74) is 13.3. The van der Waals surface area contributed by atoms with Crippen LogP contribution in [0, 0.1) is 5.41 Å². The summed E-state index contributed by atoms with van der Waals surface area (Å²) in [5.74, 6) is -1.02. The van der Waals surface area contributed by atoms with Gasteiger partial charge in [0.1, 0.15) is 6.04 Å². The van der Waals surface area contributed by atoms with Gasteiger partial charge in [-0.3, -0.25) is 9.69 Å². The highest BCUT2D eigenvalue weighted by molar-refractivity contribution is 7.80. The number of benzene rings is 3. The lowest BCUT2D eigenvalue weighted by Gasteiger charge is -2.36. The molecule has 33 heavy (non-hydrogen) atoms. The molecule has 6 nitrogen and oxygen atoms in total. The van der Waals surface area contributed by atoms with Gasteiger partial charge in [0.05, 0.1) is 11.4 Å². The molecule has 2 atom stereocenters. The van der Waals surface area contributed by atoms with Gasteiger partial charge in [-0.15, -0.1) is 0 Å². The van der Waals surface area contributed by atoms with Crippen LogP contribution in [-0.4, -0.2) is 34.8 Å². The van der Waals surface area contributed by atoms with Crippen molar-refractivity contribution in [2.45, 2.75) is 38.8 Å². The SMILES string of the molecule is CC(C)(C[C@@H](N)CS)C[C@@H](C(=O)O)N(C(=O)c1ccccc1)c1ccc2ccccc2c1N. The van der Waals surface area contributed by atoms with Crippen molar-refractivity contribution >= 4 is 46.7 Å². The van der Waals surface area contributed by atoms with Gasteiger partial charge in [0.25, 0.3) is 5.91 Å². The average Bonchev–Trinajstić information content (AvgIpc) is 2.80. The molecule has 0 aliphatic carbocycles. The number of fused-ring (bicyclic) bond motifs is 1. The normalized spacial score (nSPS) is 13.5. The topological polar surface area (TPSA) is 110 Å². The average molecular weight is 466 g/mol. The van der Waals surface area contributed by atoms with E-state index in [0.717, 1.165) is 10.8 Å². The number of carbonyl (C=O) groups is 2. The van der Waals surface area contributed by atoms with Gasteiger partial charge in [0.15, 0.2) is 0 Å². The third kappa shape index (κ3) is 5.67. The van der Waals surface area contributed by atoms with Crippen molar-refractivity contribution in [3.63, 3.8) is 0 Å². The zero-order valence-electron chi connectivity index (χ0n) is 18.9. The summed E-state index contributed by atoms with van der Waals surface area (Å²) in [6, 6.07) is 18.5. The lowest BCUT2D eigenvalue weighted by molar-refractivity contribution is -0.139. The molecule has 0 aliphatic heterocycles. The first-order valence-corrected chi connectivity index (χ1v) is 11.5. The number of carboxylic acid groups (broad SMARTS) is 1. The van der Waals surface area contributed by atoms with Gasteiger partial charge in [-0.1, -0.05) is 62.4 Å². The molecule has 0 bridgehead atoms. The number of anilines is 2. The first-order valence-electron chi connectivity index (χ1n) is 10.9. The first-order chi connectivity index (χ1) is 15.6. The van der Waals surface area contributed by atoms with Crippen molar-refractivity contribution in [3.05, 3.63) is 72.3 Å². The number of hydrogen-bond acceptors (Lipinski definition) is 5. The Kier molecular flexibility index (Phi) is 7.66. The van der Waals surface area contributed by atoms with Gasteiger partial charge in [-0.25, -0.2) is 4.79 Å². The zero-order chi connectivity index (χ0) is 24.2. The van der Waals surface area contributed by atoms with Gasteiger partial charge in [0.2, 0.25) is 0 Å². The lowest BCUT2D eigenvalue weighted by atomic mass is 9.79. The van der Waals surface area contributed by atoms with Crippen molar-refractivity contribution in [3.8, 4) is 0 Å². The Labute approximate surface area is 200 Å². The van der Waals surface area contributed by atoms with Crippen LogP contribution < -0.4 is 16.4 Å². The van der Waals surface area contributed by atoms with E-state index in [1.165, 1.54) is 4.90 Å². The summed E-state index contributed by atoms with van der Waals surface area (Å²) < 4.78 is 0. The number of carbonyl (C=O) groups excluding carboxylic acids is 1. The Morgan fingerprint density at radius 3 is 2.27 bits per heavy atom. The van der Waals surface area contributed by atoms with Crippen LogP contribution in [0.2, 0.25) is 0 Å². The minimum Gasteiger partial charge on any atom is -0.480 e. The predicted molar refractivity (Wildman–Crippen MR) is 138 cm³/mol. The van der Waals surface area contributed by atoms with Gasteiger partial charge >= 0.3 is 5.97 Å². The fourth-order valence-electron chi connectivity index (χ4n) is 4.30. The number of amides is 1. The monoisotopic (exact) mass is 465 g/mol. The van der Waals surface area contributed by atoms with E-state index in [1.807, 2.05) is 50.2 Å². The lowest BCUT2D eigenvalue weighted by Crippen LogP contribution is -2.48. The molecule has 174 valence electrons. The molecule has 0 saturated heterocycles. The van der Waals surface area contributed by atoms with Crippen LogP contribution in [0.4, 0.5) is 11.4 Å². The van der Waals surface area contributed by atoms with Crippen molar-refractivity contribution < 1.29 is 14.7 Å². The highest BCUT2D eigenvalue weighted by Crippen LogP contribution is 2.37. The molecule has 3 aromatic carbocycles. The largest absolute Gasteiger partial charge is 0.480 e. The molecule has 5 N–H and O–H groups in total. The summed E-state index contributed by atoms with van der Waals surface area (Å²) in [7, 11) is 0. The predicted octanol–water partition coefficient (Wildman–Crippen LogP) is 4.59. The van der Waals surface area contributed by atoms with Crippen molar-refractivity contribution in [1.82, 2.24) is 0 Å². The van der Waals surface area contributed by atoms with Crippen LogP contribution in [0.25, 0.3) is 10.8 Å². The van der Waals surface area contributed by atoms with Gasteiger partial charge in [0, 0.05) is 22.7 Å². The molecule has 0 fully saturated rings. The number of nitrogen functional groups attached to an aromatic ring is 1. The maximum atomic E-state index is 13.7. The molecule has 0 saturated carbocycles. The highest BCUT2D eigenvalue weighted by atomic mass is 32.1. The van der Waals surface area contributed by atoms with Crippen LogP contribution >= 0.6 is 12.6 Å². The second-order valence-electron chi connectivity index (χ2n) is 9.13. The third-order valence-electron chi connectivity index (χ3n) is 5.84. The molecule has 3 aromatic rings. The molecule has 0 aromatic heterocycles. The third-order valence-corrected chi connectivity index (χ3v) is 6.31. The molecule has 0 unspecified atom stereocenters. The molecular weight excluding hydrogens is 434 g/mol. The van der Waals surface area contributed by atoms with Gasteiger partial charge in [-0.05, 0) is 41.8 Å². The minimum absolute atomic E-state index is 0.179. The van der Waals surface area contributed by atoms with E-state index in [2.05, 4.69) is 12.6 Å². The van der Waals surface area contributed by atoms with Gasteiger partial charge < -0.3 is 16.6 Å². The standard InChI is InChI=1S/C26H31N3O3S/c1-26(2,14-19(27)16-33)15-22(25(31)32)29(24(30)18-9-4-3-5-10-18)21-13-12-17-8-6-7-11-20(17)23(21)28/h3-13,19,22,33H,14-16,27-28H2,1-2H3,(H,31,32)/t19-,22+/m1/s1. The molecule has 3 rings (SSSR count). The van der Waals surface area contributed by atoms with E-state index in [1.54, 1.807) is 30.3 Å². The second-order valence-corrected chi connectivity index (χ2v) is 9.49. The van der Waals surface area contributed by atoms with Crippen LogP contribution in [0.5, 0.6) is 0 Å². The number of aliphatic carboxylic acids is 1. The Balaban J connectivity index is 2.14. The number of nitrogens with two attached hydrogens (primary N) is 2. The van der Waals surface area contributed by atoms with Crippen LogP contribution in [-0.2, 0) is 4.79 Å². The van der Waals surface area contributed by atoms with Crippen molar-refractivity contribution in [2.75, 3.05) is 16.4 Å². The summed E-state index contributed by atoms with van der Waals surface area (Å²) in [5, 5.41) is 12.0. The first kappa shape index (κ1) is 24.6. The molecule has 0 radical (unpaired) electrons. The van der Waals surface area contributed by atoms with E-state index in [9.17, 15) is 14.7 Å². The Morgan fingerprint density at radius 2 is 1.64 bits per heavy atom. The van der Waals surface area contributed by atoms with Crippen LogP contribution in [0.3, 0.4) is 0 Å². The Morgan fingerprint density at radius 1 is 1.00 bits per heavy atom. The van der Waals surface area contributed by atoms with E-state index in [-0.39, 0.29) is 12.5 Å². The quantitative estimate of drug-likeness (QED) is 0.273. The summed E-state index contributed by atoms with van der Waals surface area (Å²) in [6.45, 7) is 3.92. The second kappa shape index (κ2) is 10.3. The van der Waals surface area contributed by atoms with E-state index < -0.39 is 23.3 Å². The summed E-state index contributed by atoms with van der Waals surface area (Å²) in [4.78, 5) is 27.6.